The lowest BCUT2D eigenvalue weighted by Crippen LogP contribution is -2.39. The van der Waals surface area contributed by atoms with Crippen molar-refractivity contribution in [1.82, 2.24) is 4.90 Å². The highest BCUT2D eigenvalue weighted by atomic mass is 79.9. The van der Waals surface area contributed by atoms with E-state index in [0.29, 0.717) is 17.5 Å². The number of rotatable bonds is 7. The molecule has 6 heteroatoms. The molecule has 134 valence electrons. The Kier molecular flexibility index (Phi) is 7.19. The second-order valence-corrected chi connectivity index (χ2v) is 7.85. The van der Waals surface area contributed by atoms with E-state index in [0.717, 1.165) is 15.5 Å². The Bertz CT molecular complexity index is 654. The second kappa shape index (κ2) is 8.94. The van der Waals surface area contributed by atoms with Crippen LogP contribution in [0, 0.1) is 0 Å². The third kappa shape index (κ3) is 5.14. The van der Waals surface area contributed by atoms with Crippen LogP contribution in [-0.4, -0.2) is 43.2 Å². The van der Waals surface area contributed by atoms with Crippen molar-refractivity contribution in [3.8, 4) is 0 Å². The van der Waals surface area contributed by atoms with Crippen molar-refractivity contribution in [2.45, 2.75) is 12.0 Å². The maximum atomic E-state index is 12.8. The van der Waals surface area contributed by atoms with E-state index in [9.17, 15) is 9.90 Å². The minimum absolute atomic E-state index is 0.256. The molecule has 0 spiro atoms. The zero-order valence-electron chi connectivity index (χ0n) is 14.2. The molecule has 2 aromatic rings. The lowest BCUT2D eigenvalue weighted by Gasteiger charge is -2.27. The summed E-state index contributed by atoms with van der Waals surface area (Å²) < 4.78 is 7.13. The summed E-state index contributed by atoms with van der Waals surface area (Å²) in [5.41, 5.74) is -0.911. The van der Waals surface area contributed by atoms with Gasteiger partial charge in [0.25, 0.3) is 0 Å². The van der Waals surface area contributed by atoms with Crippen LogP contribution >= 0.6 is 31.9 Å². The van der Waals surface area contributed by atoms with E-state index in [1.165, 1.54) is 0 Å². The summed E-state index contributed by atoms with van der Waals surface area (Å²) in [6, 6.07) is 14.0. The molecule has 0 bridgehead atoms. The Morgan fingerprint density at radius 2 is 1.44 bits per heavy atom. The Hall–Kier alpha value is -1.21. The van der Waals surface area contributed by atoms with Gasteiger partial charge in [-0.25, -0.2) is 4.79 Å². The molecular weight excluding hydrogens is 450 g/mol. The molecule has 0 aliphatic heterocycles. The van der Waals surface area contributed by atoms with Crippen LogP contribution < -0.4 is 0 Å². The first-order valence-electron chi connectivity index (χ1n) is 7.90. The first-order valence-corrected chi connectivity index (χ1v) is 9.49. The molecule has 2 rings (SSSR count). The molecule has 0 atom stereocenters. The lowest BCUT2D eigenvalue weighted by atomic mass is 9.86. The van der Waals surface area contributed by atoms with Gasteiger partial charge >= 0.3 is 5.97 Å². The smallest absolute Gasteiger partial charge is 0.347 e. The topological polar surface area (TPSA) is 49.8 Å². The molecule has 0 aliphatic rings. The van der Waals surface area contributed by atoms with Crippen LogP contribution in [0.2, 0.25) is 0 Å². The largest absolute Gasteiger partial charge is 0.463 e. The summed E-state index contributed by atoms with van der Waals surface area (Å²) in [6.45, 7) is 1.06. The van der Waals surface area contributed by atoms with Crippen LogP contribution in [-0.2, 0) is 15.1 Å². The van der Waals surface area contributed by atoms with Crippen molar-refractivity contribution in [3.63, 3.8) is 0 Å². The van der Waals surface area contributed by atoms with Gasteiger partial charge in [0.1, 0.15) is 0 Å². The number of ether oxygens (including phenoxy) is 1. The van der Waals surface area contributed by atoms with Crippen molar-refractivity contribution in [2.75, 3.05) is 27.2 Å². The van der Waals surface area contributed by atoms with E-state index in [1.54, 1.807) is 48.5 Å². The van der Waals surface area contributed by atoms with Gasteiger partial charge in [-0.2, -0.15) is 0 Å². The first kappa shape index (κ1) is 20.1. The van der Waals surface area contributed by atoms with Crippen molar-refractivity contribution in [3.05, 3.63) is 68.6 Å². The molecule has 0 heterocycles. The Balaban J connectivity index is 2.30. The van der Waals surface area contributed by atoms with Crippen LogP contribution in [0.25, 0.3) is 0 Å². The van der Waals surface area contributed by atoms with Crippen molar-refractivity contribution in [1.29, 1.82) is 0 Å². The minimum atomic E-state index is -1.85. The Labute approximate surface area is 165 Å². The maximum Gasteiger partial charge on any atom is 0.347 e. The van der Waals surface area contributed by atoms with E-state index in [4.69, 9.17) is 4.74 Å². The average Bonchev–Trinajstić information content (AvgIpc) is 2.59. The van der Waals surface area contributed by atoms with E-state index >= 15 is 0 Å². The monoisotopic (exact) mass is 469 g/mol. The fourth-order valence-corrected chi connectivity index (χ4v) is 2.96. The van der Waals surface area contributed by atoms with Gasteiger partial charge in [-0.05, 0) is 55.9 Å². The number of carbonyl (C=O) groups excluding carboxylic acids is 1. The van der Waals surface area contributed by atoms with Gasteiger partial charge in [0.2, 0.25) is 5.60 Å². The third-order valence-corrected chi connectivity index (χ3v) is 4.86. The molecule has 0 aliphatic carbocycles. The molecule has 0 saturated carbocycles. The number of nitrogens with zero attached hydrogens (tertiary/aromatic N) is 1. The standard InChI is InChI=1S/C19H21Br2NO3/c1-22(2)12-3-13-25-18(23)19(24,14-4-8-16(20)9-5-14)15-6-10-17(21)11-7-15/h4-11,24H,3,12-13H2,1-2H3. The highest BCUT2D eigenvalue weighted by Crippen LogP contribution is 2.32. The predicted molar refractivity (Wildman–Crippen MR) is 105 cm³/mol. The third-order valence-electron chi connectivity index (χ3n) is 3.80. The Morgan fingerprint density at radius 3 is 1.84 bits per heavy atom. The molecule has 0 unspecified atom stereocenters. The lowest BCUT2D eigenvalue weighted by molar-refractivity contribution is -0.162. The minimum Gasteiger partial charge on any atom is -0.463 e. The van der Waals surface area contributed by atoms with E-state index in [2.05, 4.69) is 31.9 Å². The molecular formula is C19H21Br2NO3. The Morgan fingerprint density at radius 1 is 1.00 bits per heavy atom. The number of benzene rings is 2. The molecule has 0 radical (unpaired) electrons. The number of hydrogen-bond donors (Lipinski definition) is 1. The van der Waals surface area contributed by atoms with Gasteiger partial charge in [0.05, 0.1) is 6.61 Å². The van der Waals surface area contributed by atoms with Gasteiger partial charge in [-0.1, -0.05) is 56.1 Å². The van der Waals surface area contributed by atoms with Crippen LogP contribution in [0.4, 0.5) is 0 Å². The van der Waals surface area contributed by atoms with Crippen molar-refractivity contribution in [2.24, 2.45) is 0 Å². The van der Waals surface area contributed by atoms with Gasteiger partial charge in [-0.15, -0.1) is 0 Å². The van der Waals surface area contributed by atoms with Gasteiger partial charge in [-0.3, -0.25) is 0 Å². The fraction of sp³-hybridized carbons (Fsp3) is 0.316. The summed E-state index contributed by atoms with van der Waals surface area (Å²) in [4.78, 5) is 14.8. The van der Waals surface area contributed by atoms with Crippen LogP contribution in [0.5, 0.6) is 0 Å². The summed E-state index contributed by atoms with van der Waals surface area (Å²) in [7, 11) is 3.92. The van der Waals surface area contributed by atoms with Gasteiger partial charge < -0.3 is 14.7 Å². The normalized spacial score (nSPS) is 11.6. The summed E-state index contributed by atoms with van der Waals surface area (Å²) in [5, 5.41) is 11.3. The fourth-order valence-electron chi connectivity index (χ4n) is 2.43. The zero-order valence-corrected chi connectivity index (χ0v) is 17.4. The molecule has 0 saturated heterocycles. The van der Waals surface area contributed by atoms with E-state index in [-0.39, 0.29) is 6.61 Å². The van der Waals surface area contributed by atoms with Crippen molar-refractivity contribution >= 4 is 37.8 Å². The molecule has 0 fully saturated rings. The molecule has 2 aromatic carbocycles. The molecule has 1 N–H and O–H groups in total. The second-order valence-electron chi connectivity index (χ2n) is 6.02. The zero-order chi connectivity index (χ0) is 18.4. The van der Waals surface area contributed by atoms with Crippen molar-refractivity contribution < 1.29 is 14.6 Å². The van der Waals surface area contributed by atoms with Crippen LogP contribution in [0.1, 0.15) is 17.5 Å². The van der Waals surface area contributed by atoms with Crippen LogP contribution in [0.3, 0.4) is 0 Å². The highest BCUT2D eigenvalue weighted by Gasteiger charge is 2.41. The number of halogens is 2. The molecule has 0 aromatic heterocycles. The first-order chi connectivity index (χ1) is 11.8. The molecule has 25 heavy (non-hydrogen) atoms. The number of hydrogen-bond acceptors (Lipinski definition) is 4. The SMILES string of the molecule is CN(C)CCCOC(=O)C(O)(c1ccc(Br)cc1)c1ccc(Br)cc1. The summed E-state index contributed by atoms with van der Waals surface area (Å²) >= 11 is 6.74. The quantitative estimate of drug-likeness (QED) is 0.491. The summed E-state index contributed by atoms with van der Waals surface area (Å²) in [5.74, 6) is -0.670. The summed E-state index contributed by atoms with van der Waals surface area (Å²) in [6.07, 6.45) is 0.704. The number of esters is 1. The predicted octanol–water partition coefficient (Wildman–Crippen LogP) is 3.94. The molecule has 4 nitrogen and oxygen atoms in total. The maximum absolute atomic E-state index is 12.8. The molecule has 0 amide bonds. The number of carbonyl (C=O) groups is 1. The van der Waals surface area contributed by atoms with E-state index in [1.807, 2.05) is 19.0 Å². The number of aliphatic hydroxyl groups is 1. The van der Waals surface area contributed by atoms with Gasteiger partial charge in [0.15, 0.2) is 0 Å². The highest BCUT2D eigenvalue weighted by molar-refractivity contribution is 9.10. The van der Waals surface area contributed by atoms with E-state index < -0.39 is 11.6 Å². The average molecular weight is 471 g/mol. The van der Waals surface area contributed by atoms with Crippen LogP contribution in [0.15, 0.2) is 57.5 Å². The van der Waals surface area contributed by atoms with Gasteiger partial charge in [0, 0.05) is 15.5 Å².